The quantitative estimate of drug-likeness (QED) is 0.472. The van der Waals surface area contributed by atoms with Gasteiger partial charge in [-0.05, 0) is 24.6 Å². The second-order valence-corrected chi connectivity index (χ2v) is 9.28. The maximum Gasteiger partial charge on any atom is 0.259 e. The fourth-order valence-corrected chi connectivity index (χ4v) is 5.68. The molecule has 4 aromatic rings. The average molecular weight is 447 g/mol. The molecule has 7 nitrogen and oxygen atoms in total. The Kier molecular flexibility index (Phi) is 4.53. The lowest BCUT2D eigenvalue weighted by Crippen LogP contribution is -2.41. The summed E-state index contributed by atoms with van der Waals surface area (Å²) >= 11 is 1.56. The molecule has 0 spiro atoms. The first-order valence-corrected chi connectivity index (χ1v) is 11.5. The summed E-state index contributed by atoms with van der Waals surface area (Å²) in [5.74, 6) is -0.708. The standard InChI is InChI=1S/C24H22N4O3S/c1-27-7-8-31-14(11-27)12-28-13-17(15-4-2-3-5-19(15)28)21-20(23(29)26-24(21)30)16-10-25-18-6-9-32-22(16)18/h2-6,9-10,13-14,25H,7-8,11-12H2,1H3,(H,26,29,30). The topological polar surface area (TPSA) is 79.4 Å². The second kappa shape index (κ2) is 7.44. The van der Waals surface area contributed by atoms with E-state index in [0.717, 1.165) is 45.3 Å². The fourth-order valence-electron chi connectivity index (χ4n) is 4.80. The van der Waals surface area contributed by atoms with Crippen molar-refractivity contribution in [1.29, 1.82) is 0 Å². The van der Waals surface area contributed by atoms with Gasteiger partial charge >= 0.3 is 0 Å². The Hall–Kier alpha value is -3.20. The molecule has 6 rings (SSSR count). The summed E-state index contributed by atoms with van der Waals surface area (Å²) in [6.45, 7) is 3.18. The largest absolute Gasteiger partial charge is 0.374 e. The number of thiophene rings is 1. The normalized spacial score (nSPS) is 20.1. The first kappa shape index (κ1) is 19.5. The number of nitrogens with one attached hydrogen (secondary N) is 2. The Bertz CT molecular complexity index is 1410. The smallest absolute Gasteiger partial charge is 0.259 e. The van der Waals surface area contributed by atoms with Gasteiger partial charge in [-0.3, -0.25) is 14.9 Å². The van der Waals surface area contributed by atoms with Crippen molar-refractivity contribution < 1.29 is 14.3 Å². The van der Waals surface area contributed by atoms with Crippen molar-refractivity contribution >= 4 is 55.4 Å². The highest BCUT2D eigenvalue weighted by Gasteiger charge is 2.35. The van der Waals surface area contributed by atoms with Crippen LogP contribution in [0.1, 0.15) is 11.1 Å². The first-order chi connectivity index (χ1) is 15.6. The van der Waals surface area contributed by atoms with E-state index in [1.807, 2.05) is 48.1 Å². The van der Waals surface area contributed by atoms with Crippen LogP contribution in [0.2, 0.25) is 0 Å². The summed E-state index contributed by atoms with van der Waals surface area (Å²) in [5.41, 5.74) is 4.39. The van der Waals surface area contributed by atoms with Crippen molar-refractivity contribution in [2.45, 2.75) is 12.6 Å². The molecule has 1 aromatic carbocycles. The van der Waals surface area contributed by atoms with Gasteiger partial charge < -0.3 is 19.2 Å². The van der Waals surface area contributed by atoms with Gasteiger partial charge in [0.1, 0.15) is 0 Å². The number of hydrogen-bond donors (Lipinski definition) is 2. The van der Waals surface area contributed by atoms with Gasteiger partial charge in [0.2, 0.25) is 0 Å². The highest BCUT2D eigenvalue weighted by atomic mass is 32.1. The molecule has 2 amide bonds. The van der Waals surface area contributed by atoms with Gasteiger partial charge in [-0.25, -0.2) is 0 Å². The zero-order valence-corrected chi connectivity index (χ0v) is 18.4. The van der Waals surface area contributed by atoms with Crippen LogP contribution in [0, 0.1) is 0 Å². The number of hydrogen-bond acceptors (Lipinski definition) is 5. The van der Waals surface area contributed by atoms with Gasteiger partial charge in [-0.15, -0.1) is 11.3 Å². The summed E-state index contributed by atoms with van der Waals surface area (Å²) in [6.07, 6.45) is 3.88. The lowest BCUT2D eigenvalue weighted by Gasteiger charge is -2.30. The van der Waals surface area contributed by atoms with E-state index >= 15 is 0 Å². The first-order valence-electron chi connectivity index (χ1n) is 10.6. The van der Waals surface area contributed by atoms with E-state index in [-0.39, 0.29) is 17.9 Å². The van der Waals surface area contributed by atoms with Gasteiger partial charge in [0, 0.05) is 47.5 Å². The molecule has 3 aromatic heterocycles. The van der Waals surface area contributed by atoms with E-state index in [4.69, 9.17) is 4.74 Å². The molecule has 8 heteroatoms. The molecule has 1 fully saturated rings. The van der Waals surface area contributed by atoms with Crippen molar-refractivity contribution in [1.82, 2.24) is 19.8 Å². The number of benzene rings is 1. The molecule has 1 unspecified atom stereocenters. The van der Waals surface area contributed by atoms with Gasteiger partial charge in [0.25, 0.3) is 11.8 Å². The van der Waals surface area contributed by atoms with E-state index in [1.165, 1.54) is 0 Å². The van der Waals surface area contributed by atoms with Crippen LogP contribution in [0.3, 0.4) is 0 Å². The van der Waals surface area contributed by atoms with E-state index in [2.05, 4.69) is 26.8 Å². The minimum absolute atomic E-state index is 0.0697. The van der Waals surface area contributed by atoms with Crippen LogP contribution in [-0.2, 0) is 20.9 Å². The van der Waals surface area contributed by atoms with Gasteiger partial charge in [-0.2, -0.15) is 0 Å². The van der Waals surface area contributed by atoms with Crippen LogP contribution in [0.4, 0.5) is 0 Å². The molecule has 2 aliphatic heterocycles. The molecule has 2 aliphatic rings. The monoisotopic (exact) mass is 446 g/mol. The number of likely N-dealkylation sites (N-methyl/N-ethyl adjacent to an activating group) is 1. The Labute approximate surface area is 188 Å². The molecule has 0 aliphatic carbocycles. The predicted octanol–water partition coefficient (Wildman–Crippen LogP) is 3.08. The zero-order chi connectivity index (χ0) is 21.8. The van der Waals surface area contributed by atoms with Crippen molar-refractivity contribution in [2.24, 2.45) is 0 Å². The number of nitrogens with zero attached hydrogens (tertiary/aromatic N) is 2. The summed E-state index contributed by atoms with van der Waals surface area (Å²) in [4.78, 5) is 31.4. The van der Waals surface area contributed by atoms with Crippen molar-refractivity contribution in [3.63, 3.8) is 0 Å². The third-order valence-corrected chi connectivity index (χ3v) is 7.23. The molecular formula is C24H22N4O3S. The number of amides is 2. The number of para-hydroxylation sites is 1. The van der Waals surface area contributed by atoms with Crippen molar-refractivity contribution in [2.75, 3.05) is 26.7 Å². The van der Waals surface area contributed by atoms with Crippen LogP contribution in [0.25, 0.3) is 32.3 Å². The van der Waals surface area contributed by atoms with Crippen LogP contribution < -0.4 is 5.32 Å². The Morgan fingerprint density at radius 1 is 1.12 bits per heavy atom. The number of morpholine rings is 1. The maximum absolute atomic E-state index is 13.0. The van der Waals surface area contributed by atoms with Gasteiger partial charge in [-0.1, -0.05) is 18.2 Å². The average Bonchev–Trinajstić information content (AvgIpc) is 3.52. The number of ether oxygens (including phenoxy) is 1. The molecule has 0 bridgehead atoms. The number of rotatable bonds is 4. The lowest BCUT2D eigenvalue weighted by atomic mass is 9.97. The number of carbonyl (C=O) groups is 2. The number of carbonyl (C=O) groups excluding carboxylic acids is 2. The van der Waals surface area contributed by atoms with Crippen LogP contribution >= 0.6 is 11.3 Å². The predicted molar refractivity (Wildman–Crippen MR) is 125 cm³/mol. The summed E-state index contributed by atoms with van der Waals surface area (Å²) in [5, 5.41) is 5.45. The fraction of sp³-hybridized carbons (Fsp3) is 0.250. The molecule has 2 N–H and O–H groups in total. The maximum atomic E-state index is 13.0. The molecular weight excluding hydrogens is 424 g/mol. The second-order valence-electron chi connectivity index (χ2n) is 8.37. The van der Waals surface area contributed by atoms with E-state index in [9.17, 15) is 9.59 Å². The van der Waals surface area contributed by atoms with E-state index < -0.39 is 0 Å². The third-order valence-electron chi connectivity index (χ3n) is 6.28. The Morgan fingerprint density at radius 3 is 2.78 bits per heavy atom. The number of H-pyrrole nitrogens is 1. The molecule has 1 saturated heterocycles. The molecule has 1 atom stereocenters. The summed E-state index contributed by atoms with van der Waals surface area (Å²) in [7, 11) is 2.10. The van der Waals surface area contributed by atoms with Crippen molar-refractivity contribution in [3.05, 3.63) is 59.2 Å². The highest BCUT2D eigenvalue weighted by molar-refractivity contribution is 7.17. The minimum atomic E-state index is -0.354. The zero-order valence-electron chi connectivity index (χ0n) is 17.6. The minimum Gasteiger partial charge on any atom is -0.374 e. The van der Waals surface area contributed by atoms with Crippen LogP contribution in [0.5, 0.6) is 0 Å². The molecule has 32 heavy (non-hydrogen) atoms. The molecule has 5 heterocycles. The van der Waals surface area contributed by atoms with E-state index in [1.54, 1.807) is 11.3 Å². The van der Waals surface area contributed by atoms with Gasteiger partial charge in [0.05, 0.1) is 40.6 Å². The Morgan fingerprint density at radius 2 is 1.94 bits per heavy atom. The number of aromatic amines is 1. The molecule has 162 valence electrons. The number of imide groups is 1. The van der Waals surface area contributed by atoms with Crippen LogP contribution in [0.15, 0.2) is 48.1 Å². The Balaban J connectivity index is 1.52. The van der Waals surface area contributed by atoms with E-state index in [0.29, 0.717) is 24.3 Å². The molecule has 0 radical (unpaired) electrons. The van der Waals surface area contributed by atoms with Crippen molar-refractivity contribution in [3.8, 4) is 0 Å². The molecule has 0 saturated carbocycles. The van der Waals surface area contributed by atoms with Gasteiger partial charge in [0.15, 0.2) is 0 Å². The third kappa shape index (κ3) is 3.02. The summed E-state index contributed by atoms with van der Waals surface area (Å²) < 4.78 is 9.11. The lowest BCUT2D eigenvalue weighted by molar-refractivity contribution is -0.122. The summed E-state index contributed by atoms with van der Waals surface area (Å²) in [6, 6.07) is 9.99. The SMILES string of the molecule is CN1CCOC(Cn2cc(C3=C(c4c[nH]c5ccsc45)C(=O)NC3=O)c3ccccc32)C1. The van der Waals surface area contributed by atoms with Crippen LogP contribution in [-0.4, -0.2) is 59.1 Å². The number of fused-ring (bicyclic) bond motifs is 2. The number of aromatic nitrogens is 2. The highest BCUT2D eigenvalue weighted by Crippen LogP contribution is 2.39.